The number of hydrogen-bond acceptors (Lipinski definition) is 3. The lowest BCUT2D eigenvalue weighted by Crippen LogP contribution is -2.40. The van der Waals surface area contributed by atoms with Crippen molar-refractivity contribution in [2.24, 2.45) is 10.9 Å². The first-order valence-electron chi connectivity index (χ1n) is 9.45. The Hall–Kier alpha value is -0.810. The fourth-order valence-corrected chi connectivity index (χ4v) is 2.70. The SMILES string of the molecule is CCCC(O)(CCC)CN=C(NCC)NCCCOCC1CC1. The van der Waals surface area contributed by atoms with E-state index in [0.717, 1.165) is 70.3 Å². The van der Waals surface area contributed by atoms with Gasteiger partial charge < -0.3 is 20.5 Å². The summed E-state index contributed by atoms with van der Waals surface area (Å²) in [6.07, 6.45) is 7.23. The second-order valence-electron chi connectivity index (χ2n) is 6.72. The molecular formula is C18H37N3O2. The van der Waals surface area contributed by atoms with E-state index in [2.05, 4.69) is 36.4 Å². The molecule has 1 aliphatic rings. The Labute approximate surface area is 142 Å². The third-order valence-electron chi connectivity index (χ3n) is 4.11. The molecule has 0 atom stereocenters. The van der Waals surface area contributed by atoms with Crippen LogP contribution >= 0.6 is 0 Å². The Morgan fingerprint density at radius 3 is 2.43 bits per heavy atom. The molecule has 0 heterocycles. The highest BCUT2D eigenvalue weighted by molar-refractivity contribution is 5.79. The minimum Gasteiger partial charge on any atom is -0.388 e. The van der Waals surface area contributed by atoms with Crippen molar-refractivity contribution in [1.82, 2.24) is 10.6 Å². The van der Waals surface area contributed by atoms with Gasteiger partial charge in [-0.1, -0.05) is 26.7 Å². The van der Waals surface area contributed by atoms with Gasteiger partial charge in [-0.05, 0) is 44.9 Å². The first-order chi connectivity index (χ1) is 11.1. The number of guanidine groups is 1. The van der Waals surface area contributed by atoms with Crippen molar-refractivity contribution in [3.63, 3.8) is 0 Å². The lowest BCUT2D eigenvalue weighted by molar-refractivity contribution is 0.0306. The predicted molar refractivity (Wildman–Crippen MR) is 96.9 cm³/mol. The lowest BCUT2D eigenvalue weighted by atomic mass is 9.93. The summed E-state index contributed by atoms with van der Waals surface area (Å²) in [6.45, 7) is 10.1. The monoisotopic (exact) mass is 327 g/mol. The van der Waals surface area contributed by atoms with Crippen LogP contribution in [0.1, 0.15) is 65.7 Å². The Morgan fingerprint density at radius 2 is 1.87 bits per heavy atom. The van der Waals surface area contributed by atoms with Gasteiger partial charge in [0.25, 0.3) is 0 Å². The van der Waals surface area contributed by atoms with E-state index >= 15 is 0 Å². The summed E-state index contributed by atoms with van der Waals surface area (Å²) in [5, 5.41) is 17.2. The van der Waals surface area contributed by atoms with E-state index in [0.29, 0.717) is 6.54 Å². The van der Waals surface area contributed by atoms with Crippen molar-refractivity contribution >= 4 is 5.96 Å². The summed E-state index contributed by atoms with van der Waals surface area (Å²) in [6, 6.07) is 0. The molecule has 1 saturated carbocycles. The van der Waals surface area contributed by atoms with Crippen LogP contribution in [-0.2, 0) is 4.74 Å². The first kappa shape index (κ1) is 20.2. The smallest absolute Gasteiger partial charge is 0.191 e. The number of rotatable bonds is 13. The van der Waals surface area contributed by atoms with E-state index in [9.17, 15) is 5.11 Å². The van der Waals surface area contributed by atoms with E-state index < -0.39 is 5.60 Å². The van der Waals surface area contributed by atoms with Crippen molar-refractivity contribution in [3.05, 3.63) is 0 Å². The topological polar surface area (TPSA) is 65.9 Å². The van der Waals surface area contributed by atoms with Gasteiger partial charge in [-0.2, -0.15) is 0 Å². The maximum absolute atomic E-state index is 10.6. The summed E-state index contributed by atoms with van der Waals surface area (Å²) in [7, 11) is 0. The largest absolute Gasteiger partial charge is 0.388 e. The van der Waals surface area contributed by atoms with Crippen LogP contribution < -0.4 is 10.6 Å². The number of ether oxygens (including phenoxy) is 1. The summed E-state index contributed by atoms with van der Waals surface area (Å²) >= 11 is 0. The van der Waals surface area contributed by atoms with E-state index in [1.807, 2.05) is 0 Å². The minimum atomic E-state index is -0.667. The van der Waals surface area contributed by atoms with E-state index in [1.165, 1.54) is 12.8 Å². The van der Waals surface area contributed by atoms with Crippen molar-refractivity contribution in [2.75, 3.05) is 32.8 Å². The Kier molecular flexibility index (Phi) is 10.3. The molecule has 136 valence electrons. The Bertz CT molecular complexity index is 324. The molecule has 1 rings (SSSR count). The van der Waals surface area contributed by atoms with Crippen LogP contribution in [0.5, 0.6) is 0 Å². The average Bonchev–Trinajstić information content (AvgIpc) is 3.33. The minimum absolute atomic E-state index is 0.461. The highest BCUT2D eigenvalue weighted by Gasteiger charge is 2.24. The van der Waals surface area contributed by atoms with Crippen LogP contribution in [0.15, 0.2) is 4.99 Å². The fourth-order valence-electron chi connectivity index (χ4n) is 2.70. The number of hydrogen-bond donors (Lipinski definition) is 3. The van der Waals surface area contributed by atoms with E-state index in [4.69, 9.17) is 4.74 Å². The standard InChI is InChI=1S/C18H37N3O2/c1-4-10-18(22,11-5-2)15-21-17(19-6-3)20-12-7-13-23-14-16-8-9-16/h16,22H,4-15H2,1-3H3,(H2,19,20,21). The number of aliphatic hydroxyl groups is 1. The second kappa shape index (κ2) is 11.7. The highest BCUT2D eigenvalue weighted by atomic mass is 16.5. The normalized spacial score (nSPS) is 15.7. The molecule has 0 spiro atoms. The Morgan fingerprint density at radius 1 is 1.17 bits per heavy atom. The van der Waals surface area contributed by atoms with Gasteiger partial charge in [-0.3, -0.25) is 4.99 Å². The van der Waals surface area contributed by atoms with Crippen LogP contribution in [-0.4, -0.2) is 49.5 Å². The maximum atomic E-state index is 10.6. The molecule has 0 aromatic heterocycles. The van der Waals surface area contributed by atoms with Crippen LogP contribution in [0.3, 0.4) is 0 Å². The molecule has 5 heteroatoms. The zero-order valence-electron chi connectivity index (χ0n) is 15.4. The zero-order chi connectivity index (χ0) is 17.0. The molecule has 5 nitrogen and oxygen atoms in total. The molecule has 0 aliphatic heterocycles. The molecule has 0 bridgehead atoms. The van der Waals surface area contributed by atoms with Crippen LogP contribution in [0.4, 0.5) is 0 Å². The van der Waals surface area contributed by atoms with Gasteiger partial charge in [0.1, 0.15) is 0 Å². The van der Waals surface area contributed by atoms with Gasteiger partial charge in [0.2, 0.25) is 0 Å². The molecular weight excluding hydrogens is 290 g/mol. The zero-order valence-corrected chi connectivity index (χ0v) is 15.4. The summed E-state index contributed by atoms with van der Waals surface area (Å²) in [4.78, 5) is 4.58. The third-order valence-corrected chi connectivity index (χ3v) is 4.11. The van der Waals surface area contributed by atoms with Crippen LogP contribution in [0, 0.1) is 5.92 Å². The molecule has 0 amide bonds. The van der Waals surface area contributed by atoms with Crippen molar-refractivity contribution in [2.45, 2.75) is 71.3 Å². The molecule has 3 N–H and O–H groups in total. The number of aliphatic imine (C=N–C) groups is 1. The number of nitrogens with zero attached hydrogens (tertiary/aromatic N) is 1. The fraction of sp³-hybridized carbons (Fsp3) is 0.944. The van der Waals surface area contributed by atoms with Gasteiger partial charge in [0.15, 0.2) is 5.96 Å². The summed E-state index contributed by atoms with van der Waals surface area (Å²) in [5.41, 5.74) is -0.667. The van der Waals surface area contributed by atoms with E-state index in [-0.39, 0.29) is 0 Å². The van der Waals surface area contributed by atoms with Gasteiger partial charge in [0, 0.05) is 26.3 Å². The van der Waals surface area contributed by atoms with Gasteiger partial charge in [-0.25, -0.2) is 0 Å². The summed E-state index contributed by atoms with van der Waals surface area (Å²) < 4.78 is 5.64. The van der Waals surface area contributed by atoms with Gasteiger partial charge in [-0.15, -0.1) is 0 Å². The van der Waals surface area contributed by atoms with Gasteiger partial charge >= 0.3 is 0 Å². The van der Waals surface area contributed by atoms with Crippen molar-refractivity contribution < 1.29 is 9.84 Å². The third kappa shape index (κ3) is 9.82. The molecule has 0 aromatic rings. The molecule has 0 radical (unpaired) electrons. The van der Waals surface area contributed by atoms with Gasteiger partial charge in [0.05, 0.1) is 12.1 Å². The Balaban J connectivity index is 2.28. The average molecular weight is 328 g/mol. The lowest BCUT2D eigenvalue weighted by Gasteiger charge is -2.26. The van der Waals surface area contributed by atoms with Crippen molar-refractivity contribution in [1.29, 1.82) is 0 Å². The number of nitrogens with one attached hydrogen (secondary N) is 2. The van der Waals surface area contributed by atoms with Crippen LogP contribution in [0.2, 0.25) is 0 Å². The first-order valence-corrected chi connectivity index (χ1v) is 9.45. The van der Waals surface area contributed by atoms with Crippen LogP contribution in [0.25, 0.3) is 0 Å². The van der Waals surface area contributed by atoms with E-state index in [1.54, 1.807) is 0 Å². The highest BCUT2D eigenvalue weighted by Crippen LogP contribution is 2.28. The van der Waals surface area contributed by atoms with Crippen molar-refractivity contribution in [3.8, 4) is 0 Å². The molecule has 23 heavy (non-hydrogen) atoms. The molecule has 1 fully saturated rings. The predicted octanol–water partition coefficient (Wildman–Crippen LogP) is 2.69. The molecule has 0 unspecified atom stereocenters. The molecule has 0 saturated heterocycles. The molecule has 1 aliphatic carbocycles. The quantitative estimate of drug-likeness (QED) is 0.276. The summed E-state index contributed by atoms with van der Waals surface area (Å²) in [5.74, 6) is 1.62. The maximum Gasteiger partial charge on any atom is 0.191 e. The molecule has 0 aromatic carbocycles. The second-order valence-corrected chi connectivity index (χ2v) is 6.72.